The minimum absolute atomic E-state index is 0.135. The van der Waals surface area contributed by atoms with E-state index in [9.17, 15) is 33.9 Å². The Balaban J connectivity index is 1.52. The standard InChI is InChI=1S/C32H35NO14/c1-16(34)41-15-26-27(44-17(2)35)28(45-18(3)36)29(46-19(4)37)31(47-26)42-14-25(30(38)39)33-32(40)43-13-24-22-11-7-5-9-20(22)21-10-6-8-12-23(21)24/h5-12,24-29,31H,13-15H2,1-4H3,(H,33,40)(H,38,39)/t25-,26-,27-,28+,29+,31?/m1/s1/i1D,2D,3D,4D. The lowest BCUT2D eigenvalue weighted by Crippen LogP contribution is -2.63. The lowest BCUT2D eigenvalue weighted by molar-refractivity contribution is -0.308. The first-order valence-corrected chi connectivity index (χ1v) is 14.0. The average molecular weight is 662 g/mol. The predicted molar refractivity (Wildman–Crippen MR) is 158 cm³/mol. The fourth-order valence-electron chi connectivity index (χ4n) is 5.33. The highest BCUT2D eigenvalue weighted by Gasteiger charge is 2.53. The maximum Gasteiger partial charge on any atom is 0.407 e. The van der Waals surface area contributed by atoms with E-state index in [1.165, 1.54) is 0 Å². The van der Waals surface area contributed by atoms with Crippen LogP contribution in [0.15, 0.2) is 48.5 Å². The minimum atomic E-state index is -1.87. The van der Waals surface area contributed by atoms with Crippen molar-refractivity contribution in [1.29, 1.82) is 0 Å². The molecule has 0 bridgehead atoms. The molecule has 0 saturated carbocycles. The highest BCUT2D eigenvalue weighted by Crippen LogP contribution is 2.44. The van der Waals surface area contributed by atoms with Crippen LogP contribution in [-0.4, -0.2) is 97.6 Å². The van der Waals surface area contributed by atoms with Gasteiger partial charge in [-0.15, -0.1) is 0 Å². The monoisotopic (exact) mass is 661 g/mol. The van der Waals surface area contributed by atoms with E-state index >= 15 is 0 Å². The molecule has 2 aliphatic rings. The summed E-state index contributed by atoms with van der Waals surface area (Å²) in [6.07, 6.45) is -10.0. The maximum atomic E-state index is 12.9. The summed E-state index contributed by atoms with van der Waals surface area (Å²) >= 11 is 0. The lowest BCUT2D eigenvalue weighted by Gasteiger charge is -2.44. The maximum absolute atomic E-state index is 12.9. The number of rotatable bonds is 12. The van der Waals surface area contributed by atoms with Crippen LogP contribution < -0.4 is 5.32 Å². The summed E-state index contributed by atoms with van der Waals surface area (Å²) in [5, 5.41) is 12.1. The second-order valence-corrected chi connectivity index (χ2v) is 10.3. The zero-order valence-corrected chi connectivity index (χ0v) is 24.9. The number of benzene rings is 2. The van der Waals surface area contributed by atoms with Gasteiger partial charge in [-0.2, -0.15) is 0 Å². The fraction of sp³-hybridized carbons (Fsp3) is 0.438. The third kappa shape index (κ3) is 8.83. The van der Waals surface area contributed by atoms with Gasteiger partial charge in [0.2, 0.25) is 0 Å². The molecule has 15 heteroatoms. The van der Waals surface area contributed by atoms with E-state index in [1.54, 1.807) is 0 Å². The van der Waals surface area contributed by atoms with Gasteiger partial charge in [0.25, 0.3) is 0 Å². The number of hydrogen-bond donors (Lipinski definition) is 2. The third-order valence-corrected chi connectivity index (χ3v) is 7.16. The van der Waals surface area contributed by atoms with Crippen molar-refractivity contribution in [2.45, 2.75) is 70.3 Å². The number of carbonyl (C=O) groups excluding carboxylic acids is 5. The van der Waals surface area contributed by atoms with Crippen LogP contribution in [0.4, 0.5) is 4.79 Å². The van der Waals surface area contributed by atoms with Crippen LogP contribution in [-0.2, 0) is 57.1 Å². The molecule has 2 aromatic carbocycles. The van der Waals surface area contributed by atoms with E-state index in [4.69, 9.17) is 38.6 Å². The molecule has 15 nitrogen and oxygen atoms in total. The van der Waals surface area contributed by atoms with Gasteiger partial charge in [-0.3, -0.25) is 19.2 Å². The number of nitrogens with one attached hydrogen (secondary N) is 1. The average Bonchev–Trinajstić information content (AvgIpc) is 3.46. The van der Waals surface area contributed by atoms with E-state index in [1.807, 2.05) is 48.5 Å². The van der Waals surface area contributed by atoms with Gasteiger partial charge in [0, 0.05) is 39.0 Å². The molecule has 2 aromatic rings. The molecular formula is C32H35NO14. The van der Waals surface area contributed by atoms with Gasteiger partial charge < -0.3 is 43.6 Å². The van der Waals surface area contributed by atoms with E-state index in [0.717, 1.165) is 22.3 Å². The zero-order valence-electron chi connectivity index (χ0n) is 28.9. The Labute approximate surface area is 275 Å². The summed E-state index contributed by atoms with van der Waals surface area (Å²) < 4.78 is 66.7. The molecule has 2 N–H and O–H groups in total. The molecule has 252 valence electrons. The second kappa shape index (κ2) is 15.5. The van der Waals surface area contributed by atoms with Crippen molar-refractivity contribution in [3.63, 3.8) is 0 Å². The van der Waals surface area contributed by atoms with Crippen LogP contribution in [0.3, 0.4) is 0 Å². The molecule has 6 atom stereocenters. The molecule has 0 radical (unpaired) electrons. The molecule has 0 aromatic heterocycles. The summed E-state index contributed by atoms with van der Waals surface area (Å²) in [5.74, 6) is -6.54. The molecule has 4 rings (SSSR count). The number of fused-ring (bicyclic) bond motifs is 3. The van der Waals surface area contributed by atoms with Crippen molar-refractivity contribution < 1.29 is 72.5 Å². The van der Waals surface area contributed by atoms with Crippen molar-refractivity contribution >= 4 is 35.9 Å². The van der Waals surface area contributed by atoms with Gasteiger partial charge in [-0.25, -0.2) is 9.59 Å². The van der Waals surface area contributed by atoms with Crippen LogP contribution in [0.5, 0.6) is 0 Å². The SMILES string of the molecule is [2H]CC(=O)OC[C@H]1OC(OC[C@@H](NC(=O)OCC2c3ccccc3-c3ccccc32)C(=O)O)[C@@H](OC(=O)C[2H])[C@@H](OC(=O)C[2H])[C@@H]1OC(=O)C[2H]. The van der Waals surface area contributed by atoms with Gasteiger partial charge in [-0.05, 0) is 22.3 Å². The molecule has 1 amide bonds. The van der Waals surface area contributed by atoms with Crippen LogP contribution in [0.1, 0.15) is 50.1 Å². The highest BCUT2D eigenvalue weighted by molar-refractivity contribution is 5.81. The Kier molecular flexibility index (Phi) is 9.70. The molecule has 1 unspecified atom stereocenters. The van der Waals surface area contributed by atoms with E-state index in [0.29, 0.717) is 0 Å². The molecule has 1 fully saturated rings. The molecule has 47 heavy (non-hydrogen) atoms. The Morgan fingerprint density at radius 2 is 1.32 bits per heavy atom. The number of aliphatic carboxylic acids is 1. The number of hydrogen-bond acceptors (Lipinski definition) is 13. The third-order valence-electron chi connectivity index (χ3n) is 7.16. The summed E-state index contributed by atoms with van der Waals surface area (Å²) in [7, 11) is 0. The molecule has 1 saturated heterocycles. The number of carboxylic acids is 1. The van der Waals surface area contributed by atoms with Crippen LogP contribution in [0.25, 0.3) is 11.1 Å². The van der Waals surface area contributed by atoms with Crippen LogP contribution in [0, 0.1) is 0 Å². The quantitative estimate of drug-likeness (QED) is 0.247. The van der Waals surface area contributed by atoms with Crippen molar-refractivity contribution in [2.75, 3.05) is 19.8 Å². The first kappa shape index (κ1) is 29.4. The highest BCUT2D eigenvalue weighted by atomic mass is 16.7. The second-order valence-electron chi connectivity index (χ2n) is 10.3. The first-order chi connectivity index (χ1) is 24.5. The first-order valence-electron chi connectivity index (χ1n) is 16.9. The summed E-state index contributed by atoms with van der Waals surface area (Å²) in [5.41, 5.74) is 3.79. The largest absolute Gasteiger partial charge is 0.480 e. The molecule has 1 aliphatic carbocycles. The Morgan fingerprint density at radius 1 is 0.766 bits per heavy atom. The predicted octanol–water partition coefficient (Wildman–Crippen LogP) is 2.08. The minimum Gasteiger partial charge on any atom is -0.480 e. The molecule has 0 spiro atoms. The van der Waals surface area contributed by atoms with Gasteiger partial charge in [-0.1, -0.05) is 48.5 Å². The Morgan fingerprint density at radius 3 is 1.89 bits per heavy atom. The number of esters is 4. The fourth-order valence-corrected chi connectivity index (χ4v) is 5.33. The van der Waals surface area contributed by atoms with Crippen molar-refractivity contribution in [1.82, 2.24) is 5.32 Å². The van der Waals surface area contributed by atoms with Crippen molar-refractivity contribution in [3.05, 3.63) is 59.7 Å². The lowest BCUT2D eigenvalue weighted by atomic mass is 9.98. The van der Waals surface area contributed by atoms with Crippen molar-refractivity contribution in [3.8, 4) is 11.1 Å². The molecule has 1 heterocycles. The Bertz CT molecular complexity index is 1550. The van der Waals surface area contributed by atoms with E-state index in [2.05, 4.69) is 5.32 Å². The van der Waals surface area contributed by atoms with E-state index < -0.39 is 114 Å². The van der Waals surface area contributed by atoms with E-state index in [-0.39, 0.29) is 12.5 Å². The van der Waals surface area contributed by atoms with Gasteiger partial charge >= 0.3 is 35.9 Å². The molecule has 1 aliphatic heterocycles. The topological polar surface area (TPSA) is 199 Å². The summed E-state index contributed by atoms with van der Waals surface area (Å²) in [4.78, 5) is 73.6. The van der Waals surface area contributed by atoms with Crippen LogP contribution >= 0.6 is 0 Å². The normalized spacial score (nSPS) is 23.2. The number of alkyl carbamates (subject to hydrolysis) is 1. The smallest absolute Gasteiger partial charge is 0.407 e. The number of carbonyl (C=O) groups is 6. The summed E-state index contributed by atoms with van der Waals surface area (Å²) in [6.45, 7) is -5.41. The van der Waals surface area contributed by atoms with Crippen LogP contribution in [0.2, 0.25) is 0 Å². The number of carboxylic acid groups (broad SMARTS) is 1. The van der Waals surface area contributed by atoms with Gasteiger partial charge in [0.1, 0.15) is 19.3 Å². The summed E-state index contributed by atoms with van der Waals surface area (Å²) in [6, 6.07) is 13.4. The van der Waals surface area contributed by atoms with Gasteiger partial charge in [0.15, 0.2) is 30.6 Å². The zero-order chi connectivity index (χ0) is 37.1. The molecular weight excluding hydrogens is 622 g/mol. The number of amides is 1. The van der Waals surface area contributed by atoms with Gasteiger partial charge in [0.05, 0.1) is 6.61 Å². The van der Waals surface area contributed by atoms with Crippen molar-refractivity contribution in [2.24, 2.45) is 0 Å². The number of ether oxygens (including phenoxy) is 7. The Hall–Kier alpha value is -5.02.